The Balaban J connectivity index is 1.62. The van der Waals surface area contributed by atoms with Crippen LogP contribution in [0.25, 0.3) is 16.9 Å². The van der Waals surface area contributed by atoms with Crippen molar-refractivity contribution in [3.05, 3.63) is 77.5 Å². The Morgan fingerprint density at radius 3 is 2.76 bits per heavy atom. The third-order valence-corrected chi connectivity index (χ3v) is 6.15. The van der Waals surface area contributed by atoms with Crippen LogP contribution in [-0.2, 0) is 21.3 Å². The standard InChI is InChI=1S/C22H21N5O5S/c1-31-8-9-32-19-11-16(14-24-33(29,30)20-5-2-4-18(13-20)26-28)10-17(12-19)21-15-27-22(25-21)6-3-7-23-27/h2-7,10-13,15,24H,8-9,14H2,1H3. The largest absolute Gasteiger partial charge is 0.491 e. The minimum absolute atomic E-state index is 0.00117. The molecule has 4 rings (SSSR count). The van der Waals surface area contributed by atoms with E-state index < -0.39 is 10.0 Å². The molecule has 0 fully saturated rings. The smallest absolute Gasteiger partial charge is 0.240 e. The van der Waals surface area contributed by atoms with Crippen LogP contribution in [0.15, 0.2) is 77.1 Å². The van der Waals surface area contributed by atoms with Gasteiger partial charge in [-0.05, 0) is 59.3 Å². The van der Waals surface area contributed by atoms with Crippen LogP contribution in [0.4, 0.5) is 5.69 Å². The molecule has 2 aromatic heterocycles. The molecule has 170 valence electrons. The summed E-state index contributed by atoms with van der Waals surface area (Å²) in [7, 11) is -2.28. The van der Waals surface area contributed by atoms with E-state index in [4.69, 9.17) is 9.47 Å². The van der Waals surface area contributed by atoms with Crippen molar-refractivity contribution in [1.82, 2.24) is 19.3 Å². The number of nitrogens with one attached hydrogen (secondary N) is 1. The third kappa shape index (κ3) is 5.40. The lowest BCUT2D eigenvalue weighted by molar-refractivity contribution is 0.146. The van der Waals surface area contributed by atoms with Crippen molar-refractivity contribution < 1.29 is 17.9 Å². The minimum atomic E-state index is -3.86. The third-order valence-electron chi connectivity index (χ3n) is 4.75. The van der Waals surface area contributed by atoms with Gasteiger partial charge >= 0.3 is 0 Å². The van der Waals surface area contributed by atoms with Gasteiger partial charge in [-0.15, -0.1) is 4.91 Å². The molecule has 0 bridgehead atoms. The van der Waals surface area contributed by atoms with Gasteiger partial charge in [-0.3, -0.25) is 0 Å². The molecule has 0 saturated heterocycles. The van der Waals surface area contributed by atoms with Gasteiger partial charge in [-0.25, -0.2) is 22.6 Å². The molecule has 10 nitrogen and oxygen atoms in total. The molecule has 33 heavy (non-hydrogen) atoms. The molecule has 2 heterocycles. The number of methoxy groups -OCH3 is 1. The van der Waals surface area contributed by atoms with Crippen molar-refractivity contribution in [3.63, 3.8) is 0 Å². The summed E-state index contributed by atoms with van der Waals surface area (Å²) in [6.45, 7) is 0.746. The van der Waals surface area contributed by atoms with Crippen LogP contribution in [0.3, 0.4) is 0 Å². The van der Waals surface area contributed by atoms with E-state index in [1.807, 2.05) is 18.2 Å². The van der Waals surface area contributed by atoms with Crippen LogP contribution in [0.2, 0.25) is 0 Å². The fraction of sp³-hybridized carbons (Fsp3) is 0.182. The number of benzene rings is 2. The summed E-state index contributed by atoms with van der Waals surface area (Å²) in [6.07, 6.45) is 3.45. The van der Waals surface area contributed by atoms with Crippen LogP contribution in [-0.4, -0.2) is 43.3 Å². The Morgan fingerprint density at radius 2 is 1.97 bits per heavy atom. The first kappa shape index (κ1) is 22.5. The predicted octanol–water partition coefficient (Wildman–Crippen LogP) is 3.30. The molecule has 0 radical (unpaired) electrons. The number of aromatic nitrogens is 3. The molecule has 1 N–H and O–H groups in total. The number of rotatable bonds is 10. The fourth-order valence-corrected chi connectivity index (χ4v) is 4.23. The van der Waals surface area contributed by atoms with E-state index in [1.54, 1.807) is 36.2 Å². The molecule has 0 amide bonds. The van der Waals surface area contributed by atoms with E-state index in [9.17, 15) is 13.3 Å². The maximum Gasteiger partial charge on any atom is 0.240 e. The summed E-state index contributed by atoms with van der Waals surface area (Å²) in [4.78, 5) is 15.3. The first-order valence-corrected chi connectivity index (χ1v) is 11.5. The summed E-state index contributed by atoms with van der Waals surface area (Å²) < 4.78 is 40.4. The first-order chi connectivity index (χ1) is 16.0. The van der Waals surface area contributed by atoms with Crippen molar-refractivity contribution in [2.24, 2.45) is 5.18 Å². The molecule has 0 saturated carbocycles. The predicted molar refractivity (Wildman–Crippen MR) is 122 cm³/mol. The number of fused-ring (bicyclic) bond motifs is 1. The molecule has 4 aromatic rings. The van der Waals surface area contributed by atoms with Gasteiger partial charge in [-0.1, -0.05) is 6.07 Å². The minimum Gasteiger partial charge on any atom is -0.491 e. The fourth-order valence-electron chi connectivity index (χ4n) is 3.18. The maximum atomic E-state index is 12.7. The summed E-state index contributed by atoms with van der Waals surface area (Å²) in [6, 6.07) is 14.6. The summed E-state index contributed by atoms with van der Waals surface area (Å²) in [5, 5.41) is 7.02. The van der Waals surface area contributed by atoms with Gasteiger partial charge in [0.25, 0.3) is 0 Å². The molecule has 0 aliphatic carbocycles. The lowest BCUT2D eigenvalue weighted by Gasteiger charge is -2.12. The molecular formula is C22H21N5O5S. The number of nitroso groups, excluding NO2 is 1. The SMILES string of the molecule is COCCOc1cc(CNS(=O)(=O)c2cccc(N=O)c2)cc(-c2cn3ncccc3n2)c1. The molecular weight excluding hydrogens is 446 g/mol. The zero-order valence-corrected chi connectivity index (χ0v) is 18.5. The van der Waals surface area contributed by atoms with E-state index in [-0.39, 0.29) is 17.1 Å². The first-order valence-electron chi connectivity index (χ1n) is 9.98. The molecule has 0 aliphatic heterocycles. The number of ether oxygens (including phenoxy) is 2. The van der Waals surface area contributed by atoms with Gasteiger partial charge in [0.05, 0.1) is 23.4 Å². The maximum absolute atomic E-state index is 12.7. The van der Waals surface area contributed by atoms with Crippen LogP contribution in [0.5, 0.6) is 5.75 Å². The molecule has 0 spiro atoms. The van der Waals surface area contributed by atoms with Crippen molar-refractivity contribution in [2.75, 3.05) is 20.3 Å². The summed E-state index contributed by atoms with van der Waals surface area (Å²) in [5.74, 6) is 0.552. The van der Waals surface area contributed by atoms with Crippen LogP contribution in [0, 0.1) is 4.91 Å². The summed E-state index contributed by atoms with van der Waals surface area (Å²) in [5.41, 5.74) is 2.80. The highest BCUT2D eigenvalue weighted by Gasteiger charge is 2.16. The van der Waals surface area contributed by atoms with Crippen molar-refractivity contribution in [1.29, 1.82) is 0 Å². The Bertz CT molecular complexity index is 1350. The van der Waals surface area contributed by atoms with Gasteiger partial charge in [0.2, 0.25) is 10.0 Å². The van der Waals surface area contributed by atoms with Crippen LogP contribution in [0.1, 0.15) is 5.56 Å². The van der Waals surface area contributed by atoms with Crippen LogP contribution >= 0.6 is 0 Å². The molecule has 0 atom stereocenters. The average molecular weight is 468 g/mol. The Kier molecular flexibility index (Phi) is 6.73. The van der Waals surface area contributed by atoms with Gasteiger partial charge in [-0.2, -0.15) is 5.10 Å². The lowest BCUT2D eigenvalue weighted by Crippen LogP contribution is -2.23. The van der Waals surface area contributed by atoms with E-state index in [0.29, 0.717) is 35.9 Å². The number of hydrogen-bond donors (Lipinski definition) is 1. The number of sulfonamides is 1. The highest BCUT2D eigenvalue weighted by molar-refractivity contribution is 7.89. The zero-order valence-electron chi connectivity index (χ0n) is 17.7. The van der Waals surface area contributed by atoms with E-state index in [0.717, 1.165) is 5.56 Å². The highest BCUT2D eigenvalue weighted by atomic mass is 32.2. The highest BCUT2D eigenvalue weighted by Crippen LogP contribution is 2.26. The normalized spacial score (nSPS) is 11.5. The van der Waals surface area contributed by atoms with Crippen LogP contribution < -0.4 is 9.46 Å². The van der Waals surface area contributed by atoms with Gasteiger partial charge in [0.15, 0.2) is 5.65 Å². The molecule has 11 heteroatoms. The van der Waals surface area contributed by atoms with Crippen molar-refractivity contribution >= 4 is 21.4 Å². The zero-order chi connectivity index (χ0) is 23.3. The number of imidazole rings is 1. The Hall–Kier alpha value is -3.67. The monoisotopic (exact) mass is 467 g/mol. The van der Waals surface area contributed by atoms with E-state index >= 15 is 0 Å². The van der Waals surface area contributed by atoms with Crippen molar-refractivity contribution in [3.8, 4) is 17.0 Å². The molecule has 0 unspecified atom stereocenters. The second-order valence-electron chi connectivity index (χ2n) is 7.07. The second-order valence-corrected chi connectivity index (χ2v) is 8.84. The van der Waals surface area contributed by atoms with Gasteiger partial charge in [0.1, 0.15) is 18.0 Å². The second kappa shape index (κ2) is 9.86. The van der Waals surface area contributed by atoms with E-state index in [2.05, 4.69) is 20.0 Å². The Labute approximate surface area is 190 Å². The average Bonchev–Trinajstić information content (AvgIpc) is 3.27. The summed E-state index contributed by atoms with van der Waals surface area (Å²) >= 11 is 0. The van der Waals surface area contributed by atoms with Gasteiger partial charge in [0, 0.05) is 25.4 Å². The number of nitrogens with zero attached hydrogens (tertiary/aromatic N) is 4. The van der Waals surface area contributed by atoms with Crippen molar-refractivity contribution in [2.45, 2.75) is 11.4 Å². The number of hydrogen-bond acceptors (Lipinski definition) is 8. The van der Waals surface area contributed by atoms with E-state index in [1.165, 1.54) is 24.3 Å². The topological polar surface area (TPSA) is 124 Å². The molecule has 0 aliphatic rings. The quantitative estimate of drug-likeness (QED) is 0.280. The Morgan fingerprint density at radius 1 is 1.09 bits per heavy atom. The molecule has 2 aromatic carbocycles. The van der Waals surface area contributed by atoms with Gasteiger partial charge < -0.3 is 9.47 Å². The lowest BCUT2D eigenvalue weighted by atomic mass is 10.1.